The van der Waals surface area contributed by atoms with Gasteiger partial charge < -0.3 is 14.2 Å². The lowest BCUT2D eigenvalue weighted by Crippen LogP contribution is -2.24. The van der Waals surface area contributed by atoms with Gasteiger partial charge >= 0.3 is 11.9 Å². The van der Waals surface area contributed by atoms with Crippen LogP contribution in [0.1, 0.15) is 6.42 Å². The van der Waals surface area contributed by atoms with Gasteiger partial charge in [0.2, 0.25) is 6.29 Å². The summed E-state index contributed by atoms with van der Waals surface area (Å²) < 4.78 is 14.6. The van der Waals surface area contributed by atoms with Crippen molar-refractivity contribution in [1.82, 2.24) is 0 Å². The molecule has 2 aliphatic heterocycles. The van der Waals surface area contributed by atoms with Crippen molar-refractivity contribution in [3.63, 3.8) is 0 Å². The lowest BCUT2D eigenvalue weighted by atomic mass is 9.93. The number of fused-ring (bicyclic) bond motifs is 1. The largest absolute Gasteiger partial charge is 0.469 e. The van der Waals surface area contributed by atoms with E-state index in [4.69, 9.17) is 9.47 Å². The number of esters is 2. The second-order valence-electron chi connectivity index (χ2n) is 3.19. The number of carbonyl (C=O) groups excluding carboxylic acids is 2. The van der Waals surface area contributed by atoms with Crippen molar-refractivity contribution in [2.75, 3.05) is 13.7 Å². The minimum atomic E-state index is -0.531. The first-order chi connectivity index (χ1) is 6.22. The number of hydrogen-bond donors (Lipinski definition) is 0. The van der Waals surface area contributed by atoms with E-state index in [0.29, 0.717) is 0 Å². The van der Waals surface area contributed by atoms with Gasteiger partial charge in [0.1, 0.15) is 0 Å². The quantitative estimate of drug-likeness (QED) is 0.526. The van der Waals surface area contributed by atoms with Gasteiger partial charge in [-0.3, -0.25) is 9.59 Å². The molecule has 5 heteroatoms. The Balaban J connectivity index is 2.08. The molecule has 0 bridgehead atoms. The van der Waals surface area contributed by atoms with Crippen LogP contribution >= 0.6 is 0 Å². The minimum Gasteiger partial charge on any atom is -0.469 e. The maximum absolute atomic E-state index is 11.2. The molecule has 3 atom stereocenters. The van der Waals surface area contributed by atoms with E-state index in [9.17, 15) is 9.59 Å². The summed E-state index contributed by atoms with van der Waals surface area (Å²) in [5, 5.41) is 0. The fraction of sp³-hybridized carbons (Fsp3) is 0.750. The van der Waals surface area contributed by atoms with Crippen molar-refractivity contribution < 1.29 is 23.8 Å². The monoisotopic (exact) mass is 186 g/mol. The molecule has 0 aromatic heterocycles. The molecular weight excluding hydrogens is 176 g/mol. The molecular formula is C8H10O5. The van der Waals surface area contributed by atoms with E-state index in [-0.39, 0.29) is 36.8 Å². The lowest BCUT2D eigenvalue weighted by Gasteiger charge is -2.09. The molecule has 2 saturated heterocycles. The van der Waals surface area contributed by atoms with E-state index in [1.807, 2.05) is 0 Å². The normalized spacial score (nSPS) is 37.0. The third-order valence-corrected chi connectivity index (χ3v) is 2.46. The van der Waals surface area contributed by atoms with Gasteiger partial charge in [-0.1, -0.05) is 0 Å². The van der Waals surface area contributed by atoms with Gasteiger partial charge in [-0.15, -0.1) is 0 Å². The fourth-order valence-corrected chi connectivity index (χ4v) is 1.76. The van der Waals surface area contributed by atoms with Crippen LogP contribution in [0, 0.1) is 11.8 Å². The zero-order valence-corrected chi connectivity index (χ0v) is 7.19. The summed E-state index contributed by atoms with van der Waals surface area (Å²) in [6.07, 6.45) is -0.277. The third-order valence-electron chi connectivity index (χ3n) is 2.46. The zero-order chi connectivity index (χ0) is 9.42. The Morgan fingerprint density at radius 1 is 1.62 bits per heavy atom. The van der Waals surface area contributed by atoms with E-state index < -0.39 is 6.29 Å². The van der Waals surface area contributed by atoms with Crippen LogP contribution < -0.4 is 0 Å². The van der Waals surface area contributed by atoms with Crippen molar-refractivity contribution >= 4 is 11.9 Å². The van der Waals surface area contributed by atoms with Gasteiger partial charge in [0, 0.05) is 5.92 Å². The molecule has 0 saturated carbocycles. The summed E-state index contributed by atoms with van der Waals surface area (Å²) in [7, 11) is 1.33. The first kappa shape index (κ1) is 8.50. The molecule has 0 N–H and O–H groups in total. The SMILES string of the molecule is COC(=O)[C@@H]1CO[C@@H]2OC(=O)C[C@@H]21. The molecule has 2 fully saturated rings. The molecule has 2 rings (SSSR count). The molecule has 13 heavy (non-hydrogen) atoms. The average Bonchev–Trinajstić information content (AvgIpc) is 2.61. The first-order valence-electron chi connectivity index (χ1n) is 4.11. The van der Waals surface area contributed by atoms with E-state index in [1.165, 1.54) is 7.11 Å². The van der Waals surface area contributed by atoms with Crippen molar-refractivity contribution in [2.45, 2.75) is 12.7 Å². The molecule has 72 valence electrons. The van der Waals surface area contributed by atoms with Crippen molar-refractivity contribution in [3.8, 4) is 0 Å². The molecule has 0 aromatic rings. The van der Waals surface area contributed by atoms with Crippen LogP contribution in [0.5, 0.6) is 0 Å². The van der Waals surface area contributed by atoms with Gasteiger partial charge in [-0.05, 0) is 0 Å². The highest BCUT2D eigenvalue weighted by Gasteiger charge is 2.49. The second-order valence-corrected chi connectivity index (χ2v) is 3.19. The molecule has 0 aromatic carbocycles. The first-order valence-corrected chi connectivity index (χ1v) is 4.11. The van der Waals surface area contributed by atoms with E-state index >= 15 is 0 Å². The Morgan fingerprint density at radius 3 is 3.08 bits per heavy atom. The molecule has 0 spiro atoms. The highest BCUT2D eigenvalue weighted by Crippen LogP contribution is 2.36. The topological polar surface area (TPSA) is 61.8 Å². The van der Waals surface area contributed by atoms with Gasteiger partial charge in [0.15, 0.2) is 0 Å². The Morgan fingerprint density at radius 2 is 2.38 bits per heavy atom. The van der Waals surface area contributed by atoms with E-state index in [2.05, 4.69) is 4.74 Å². The number of ether oxygens (including phenoxy) is 3. The lowest BCUT2D eigenvalue weighted by molar-refractivity contribution is -0.158. The highest BCUT2D eigenvalue weighted by atomic mass is 16.7. The summed E-state index contributed by atoms with van der Waals surface area (Å²) in [4.78, 5) is 22.1. The van der Waals surface area contributed by atoms with Crippen LogP contribution in [0.25, 0.3) is 0 Å². The summed E-state index contributed by atoms with van der Waals surface area (Å²) in [5.41, 5.74) is 0. The van der Waals surface area contributed by atoms with E-state index in [0.717, 1.165) is 0 Å². The van der Waals surface area contributed by atoms with Crippen LogP contribution in [-0.2, 0) is 23.8 Å². The summed E-state index contributed by atoms with van der Waals surface area (Å²) >= 11 is 0. The summed E-state index contributed by atoms with van der Waals surface area (Å²) in [6.45, 7) is 0.287. The Kier molecular flexibility index (Phi) is 1.95. The molecule has 2 heterocycles. The molecule has 0 radical (unpaired) electrons. The van der Waals surface area contributed by atoms with Crippen LogP contribution in [0.4, 0.5) is 0 Å². The number of carbonyl (C=O) groups is 2. The smallest absolute Gasteiger partial charge is 0.311 e. The van der Waals surface area contributed by atoms with E-state index in [1.54, 1.807) is 0 Å². The van der Waals surface area contributed by atoms with Crippen molar-refractivity contribution in [2.24, 2.45) is 11.8 Å². The predicted octanol–water partition coefficient (Wildman–Crippen LogP) is -0.305. The molecule has 2 aliphatic rings. The second kappa shape index (κ2) is 2.99. The molecule has 0 unspecified atom stereocenters. The van der Waals surface area contributed by atoms with Crippen LogP contribution in [0.3, 0.4) is 0 Å². The molecule has 0 aliphatic carbocycles. The predicted molar refractivity (Wildman–Crippen MR) is 39.4 cm³/mol. The van der Waals surface area contributed by atoms with Gasteiger partial charge in [0.25, 0.3) is 0 Å². The van der Waals surface area contributed by atoms with Crippen molar-refractivity contribution in [3.05, 3.63) is 0 Å². The van der Waals surface area contributed by atoms with Crippen LogP contribution in [0.2, 0.25) is 0 Å². The van der Waals surface area contributed by atoms with Crippen LogP contribution in [0.15, 0.2) is 0 Å². The van der Waals surface area contributed by atoms with Gasteiger partial charge in [-0.2, -0.15) is 0 Å². The van der Waals surface area contributed by atoms with Crippen molar-refractivity contribution in [1.29, 1.82) is 0 Å². The number of rotatable bonds is 1. The molecule has 0 amide bonds. The summed E-state index contributed by atoms with van der Waals surface area (Å²) in [5.74, 6) is -1.13. The minimum absolute atomic E-state index is 0.153. The zero-order valence-electron chi connectivity index (χ0n) is 7.19. The summed E-state index contributed by atoms with van der Waals surface area (Å²) in [6, 6.07) is 0. The number of methoxy groups -OCH3 is 1. The van der Waals surface area contributed by atoms with Crippen LogP contribution in [-0.4, -0.2) is 31.9 Å². The highest BCUT2D eigenvalue weighted by molar-refractivity contribution is 5.77. The maximum atomic E-state index is 11.2. The molecule has 5 nitrogen and oxygen atoms in total. The third kappa shape index (κ3) is 1.29. The van der Waals surface area contributed by atoms with Gasteiger partial charge in [0.05, 0.1) is 26.1 Å². The van der Waals surface area contributed by atoms with Gasteiger partial charge in [-0.25, -0.2) is 0 Å². The average molecular weight is 186 g/mol. The Labute approximate surface area is 74.9 Å². The Hall–Kier alpha value is -1.10. The Bertz CT molecular complexity index is 249. The fourth-order valence-electron chi connectivity index (χ4n) is 1.76. The standard InChI is InChI=1S/C8H10O5/c1-11-7(10)5-3-12-8-4(5)2-6(9)13-8/h4-5,8H,2-3H2,1H3/t4-,5-,8-/m1/s1. The number of hydrogen-bond acceptors (Lipinski definition) is 5. The maximum Gasteiger partial charge on any atom is 0.311 e.